The number of hydrogen-bond acceptors (Lipinski definition) is 1. The third-order valence-corrected chi connectivity index (χ3v) is 1.37. The standard InChI is InChI=1S/C6H14N.Co/c1-2-3-4-5-6-7;/h7H,2-6H2,1H3;/q-1;+1. The SMILES string of the molecule is CCCCCC[NH][Co]. The quantitative estimate of drug-likeness (QED) is 0.601. The Kier molecular flexibility index (Phi) is 7.90. The molecule has 0 saturated heterocycles. The van der Waals surface area contributed by atoms with Gasteiger partial charge in [-0.2, -0.15) is 0 Å². The molecule has 0 rings (SSSR count). The van der Waals surface area contributed by atoms with Crippen molar-refractivity contribution in [1.82, 2.24) is 4.37 Å². The van der Waals surface area contributed by atoms with Crippen LogP contribution in [-0.4, -0.2) is 6.54 Å². The summed E-state index contributed by atoms with van der Waals surface area (Å²) in [5, 5.41) is 0. The fourth-order valence-corrected chi connectivity index (χ4v) is 0.795. The van der Waals surface area contributed by atoms with Crippen LogP contribution in [0.1, 0.15) is 32.6 Å². The van der Waals surface area contributed by atoms with Gasteiger partial charge in [-0.3, -0.25) is 0 Å². The molecule has 0 saturated carbocycles. The summed E-state index contributed by atoms with van der Waals surface area (Å²) in [6.45, 7) is 3.26. The van der Waals surface area contributed by atoms with Crippen LogP contribution in [0.25, 0.3) is 0 Å². The van der Waals surface area contributed by atoms with Crippen molar-refractivity contribution in [3.05, 3.63) is 0 Å². The molecule has 0 heterocycles. The van der Waals surface area contributed by atoms with Gasteiger partial charge in [0.25, 0.3) is 0 Å². The van der Waals surface area contributed by atoms with Gasteiger partial charge in [0.2, 0.25) is 0 Å². The summed E-state index contributed by atoms with van der Waals surface area (Å²) < 4.78 is 2.81. The van der Waals surface area contributed by atoms with Gasteiger partial charge in [0.15, 0.2) is 0 Å². The Hall–Kier alpha value is 0.466. The summed E-state index contributed by atoms with van der Waals surface area (Å²) in [5.41, 5.74) is 0. The molecule has 52 valence electrons. The molecule has 8 heavy (non-hydrogen) atoms. The minimum atomic E-state index is 1.04. The molecule has 0 radical (unpaired) electrons. The summed E-state index contributed by atoms with van der Waals surface area (Å²) in [7, 11) is 0. The van der Waals surface area contributed by atoms with Crippen molar-refractivity contribution in [1.29, 1.82) is 0 Å². The summed E-state index contributed by atoms with van der Waals surface area (Å²) in [6.07, 6.45) is 5.26. The number of hydrogen-bond donors (Lipinski definition) is 1. The van der Waals surface area contributed by atoms with Crippen LogP contribution in [0.3, 0.4) is 0 Å². The molecule has 0 spiro atoms. The molecular formula is C6H14CoN. The number of nitrogens with one attached hydrogen (secondary N) is 1. The van der Waals surface area contributed by atoms with E-state index >= 15 is 0 Å². The van der Waals surface area contributed by atoms with Gasteiger partial charge in [0, 0.05) is 0 Å². The molecule has 0 aromatic rings. The Morgan fingerprint density at radius 2 is 2.00 bits per heavy atom. The van der Waals surface area contributed by atoms with Crippen LogP contribution >= 0.6 is 0 Å². The van der Waals surface area contributed by atoms with Crippen LogP contribution in [-0.2, 0) is 16.0 Å². The Balaban J connectivity index is 2.53. The van der Waals surface area contributed by atoms with E-state index in [2.05, 4.69) is 27.2 Å². The molecule has 0 aliphatic carbocycles. The van der Waals surface area contributed by atoms with Crippen LogP contribution in [0.2, 0.25) is 0 Å². The first-order valence-electron chi connectivity index (χ1n) is 3.23. The topological polar surface area (TPSA) is 12.0 Å². The molecule has 2 heteroatoms. The molecule has 0 fully saturated rings. The predicted octanol–water partition coefficient (Wildman–Crippen LogP) is 1.62. The Morgan fingerprint density at radius 3 is 2.50 bits per heavy atom. The van der Waals surface area contributed by atoms with E-state index in [1.54, 1.807) is 0 Å². The normalized spacial score (nSPS) is 9.88. The second kappa shape index (κ2) is 7.47. The zero-order valence-corrected chi connectivity index (χ0v) is 6.41. The van der Waals surface area contributed by atoms with E-state index in [-0.39, 0.29) is 0 Å². The first-order chi connectivity index (χ1) is 3.91. The summed E-state index contributed by atoms with van der Waals surface area (Å²) in [5.74, 6) is 0. The second-order valence-corrected chi connectivity index (χ2v) is 2.30. The second-order valence-electron chi connectivity index (χ2n) is 1.93. The van der Waals surface area contributed by atoms with Gasteiger partial charge in [-0.25, -0.2) is 0 Å². The van der Waals surface area contributed by atoms with Gasteiger partial charge in [-0.15, -0.1) is 0 Å². The molecule has 0 atom stereocenters. The van der Waals surface area contributed by atoms with E-state index in [4.69, 9.17) is 0 Å². The Morgan fingerprint density at radius 1 is 1.25 bits per heavy atom. The van der Waals surface area contributed by atoms with Gasteiger partial charge >= 0.3 is 59.5 Å². The van der Waals surface area contributed by atoms with E-state index < -0.39 is 0 Å². The average Bonchev–Trinajstić information content (AvgIpc) is 1.81. The molecule has 0 aliphatic heterocycles. The molecule has 1 nitrogen and oxygen atoms in total. The van der Waals surface area contributed by atoms with Gasteiger partial charge in [0.05, 0.1) is 0 Å². The van der Waals surface area contributed by atoms with Crippen molar-refractivity contribution in [2.75, 3.05) is 6.54 Å². The number of rotatable bonds is 5. The van der Waals surface area contributed by atoms with Gasteiger partial charge in [-0.05, 0) is 0 Å². The zero-order chi connectivity index (χ0) is 6.24. The fraction of sp³-hybridized carbons (Fsp3) is 1.00. The molecule has 0 unspecified atom stereocenters. The average molecular weight is 159 g/mol. The zero-order valence-electron chi connectivity index (χ0n) is 5.37. The van der Waals surface area contributed by atoms with Crippen LogP contribution < -0.4 is 4.37 Å². The Bertz CT molecular complexity index is 33.5. The van der Waals surface area contributed by atoms with Crippen molar-refractivity contribution < 1.29 is 16.0 Å². The monoisotopic (exact) mass is 159 g/mol. The molecule has 1 N–H and O–H groups in total. The summed E-state index contributed by atoms with van der Waals surface area (Å²) >= 11 is 3.92. The molecule has 0 bridgehead atoms. The van der Waals surface area contributed by atoms with Crippen molar-refractivity contribution in [3.63, 3.8) is 0 Å². The third kappa shape index (κ3) is 6.47. The van der Waals surface area contributed by atoms with Crippen LogP contribution in [0.4, 0.5) is 0 Å². The fourth-order valence-electron chi connectivity index (χ4n) is 0.611. The van der Waals surface area contributed by atoms with Gasteiger partial charge < -0.3 is 0 Å². The Labute approximate surface area is 60.0 Å². The van der Waals surface area contributed by atoms with Crippen molar-refractivity contribution in [2.24, 2.45) is 0 Å². The van der Waals surface area contributed by atoms with E-state index in [0.717, 1.165) is 6.54 Å². The molecule has 0 aromatic carbocycles. The van der Waals surface area contributed by atoms with E-state index in [1.807, 2.05) is 0 Å². The van der Waals surface area contributed by atoms with Crippen molar-refractivity contribution in [2.45, 2.75) is 32.6 Å². The summed E-state index contributed by atoms with van der Waals surface area (Å²) in [4.78, 5) is 0. The minimum absolute atomic E-state index is 1.04. The van der Waals surface area contributed by atoms with Crippen molar-refractivity contribution in [3.8, 4) is 0 Å². The van der Waals surface area contributed by atoms with Gasteiger partial charge in [-0.1, -0.05) is 0 Å². The summed E-state index contributed by atoms with van der Waals surface area (Å²) in [6, 6.07) is 0. The first kappa shape index (κ1) is 8.47. The molecular weight excluding hydrogens is 145 g/mol. The van der Waals surface area contributed by atoms with Gasteiger partial charge in [0.1, 0.15) is 0 Å². The van der Waals surface area contributed by atoms with Crippen LogP contribution in [0.5, 0.6) is 0 Å². The third-order valence-electron chi connectivity index (χ3n) is 1.11. The molecule has 0 aromatic heterocycles. The van der Waals surface area contributed by atoms with E-state index in [9.17, 15) is 0 Å². The van der Waals surface area contributed by atoms with Crippen LogP contribution in [0.15, 0.2) is 0 Å². The van der Waals surface area contributed by atoms with Crippen LogP contribution in [0, 0.1) is 0 Å². The van der Waals surface area contributed by atoms with E-state index in [1.165, 1.54) is 25.7 Å². The number of unbranched alkanes of at least 4 members (excludes halogenated alkanes) is 3. The molecule has 0 amide bonds. The van der Waals surface area contributed by atoms with Crippen molar-refractivity contribution >= 4 is 0 Å². The maximum absolute atomic E-state index is 3.92. The predicted molar refractivity (Wildman–Crippen MR) is 32.1 cm³/mol. The van der Waals surface area contributed by atoms with E-state index in [0.29, 0.717) is 0 Å². The maximum atomic E-state index is 3.92. The first-order valence-corrected chi connectivity index (χ1v) is 3.75. The molecule has 0 aliphatic rings.